The molecule has 0 saturated carbocycles. The van der Waals surface area contributed by atoms with Gasteiger partial charge in [0.25, 0.3) is 0 Å². The van der Waals surface area contributed by atoms with Crippen molar-refractivity contribution in [3.63, 3.8) is 0 Å². The third kappa shape index (κ3) is 4.29. The molecule has 0 spiro atoms. The lowest BCUT2D eigenvalue weighted by molar-refractivity contribution is -0.133. The van der Waals surface area contributed by atoms with E-state index in [9.17, 15) is 9.59 Å². The molecule has 0 aliphatic carbocycles. The van der Waals surface area contributed by atoms with Gasteiger partial charge >= 0.3 is 0 Å². The summed E-state index contributed by atoms with van der Waals surface area (Å²) in [5.41, 5.74) is 5.54. The van der Waals surface area contributed by atoms with Crippen molar-refractivity contribution in [3.8, 4) is 0 Å². The van der Waals surface area contributed by atoms with E-state index in [4.69, 9.17) is 5.73 Å². The summed E-state index contributed by atoms with van der Waals surface area (Å²) in [5.74, 6) is 0.576. The second kappa shape index (κ2) is 7.36. The van der Waals surface area contributed by atoms with E-state index in [-0.39, 0.29) is 17.7 Å². The van der Waals surface area contributed by atoms with Gasteiger partial charge in [-0.05, 0) is 18.9 Å². The molecule has 18 heavy (non-hydrogen) atoms. The van der Waals surface area contributed by atoms with Crippen LogP contribution < -0.4 is 5.73 Å². The lowest BCUT2D eigenvalue weighted by Gasteiger charge is -2.23. The minimum absolute atomic E-state index is 0.166. The molecule has 1 fully saturated rings. The molecule has 1 aliphatic heterocycles. The first-order chi connectivity index (χ1) is 8.58. The van der Waals surface area contributed by atoms with Crippen LogP contribution in [0.15, 0.2) is 0 Å². The smallest absolute Gasteiger partial charge is 0.222 e. The topological polar surface area (TPSA) is 66.6 Å². The molecule has 2 N–H and O–H groups in total. The number of rotatable bonds is 4. The fraction of sp³-hybridized carbons (Fsp3) is 0.846. The molecule has 1 aliphatic rings. The summed E-state index contributed by atoms with van der Waals surface area (Å²) in [6.45, 7) is 7.24. The SMILES string of the molecule is CCC(=O)N1CCCN(C(=O)CC(C)CN)CC1. The minimum Gasteiger partial charge on any atom is -0.341 e. The van der Waals surface area contributed by atoms with Gasteiger partial charge in [0, 0.05) is 39.0 Å². The van der Waals surface area contributed by atoms with Crippen molar-refractivity contribution in [3.05, 3.63) is 0 Å². The van der Waals surface area contributed by atoms with Gasteiger partial charge in [-0.2, -0.15) is 0 Å². The summed E-state index contributed by atoms with van der Waals surface area (Å²) in [6.07, 6.45) is 1.92. The summed E-state index contributed by atoms with van der Waals surface area (Å²) in [5, 5.41) is 0. The first-order valence-corrected chi connectivity index (χ1v) is 6.84. The fourth-order valence-electron chi connectivity index (χ4n) is 2.15. The Hall–Kier alpha value is -1.10. The van der Waals surface area contributed by atoms with E-state index in [1.54, 1.807) is 0 Å². The van der Waals surface area contributed by atoms with Crippen LogP contribution in [0.2, 0.25) is 0 Å². The third-order valence-corrected chi connectivity index (χ3v) is 3.43. The number of nitrogens with two attached hydrogens (primary N) is 1. The highest BCUT2D eigenvalue weighted by molar-refractivity contribution is 5.77. The zero-order valence-corrected chi connectivity index (χ0v) is 11.5. The number of amides is 2. The predicted molar refractivity (Wildman–Crippen MR) is 70.9 cm³/mol. The van der Waals surface area contributed by atoms with Crippen molar-refractivity contribution in [2.24, 2.45) is 11.7 Å². The molecule has 1 saturated heterocycles. The summed E-state index contributed by atoms with van der Waals surface area (Å²) in [4.78, 5) is 27.4. The quantitative estimate of drug-likeness (QED) is 0.793. The Kier molecular flexibility index (Phi) is 6.12. The van der Waals surface area contributed by atoms with Crippen LogP contribution in [0.25, 0.3) is 0 Å². The van der Waals surface area contributed by atoms with Gasteiger partial charge in [-0.1, -0.05) is 13.8 Å². The van der Waals surface area contributed by atoms with Crippen LogP contribution in [-0.2, 0) is 9.59 Å². The molecule has 0 aromatic carbocycles. The number of carbonyl (C=O) groups is 2. The lowest BCUT2D eigenvalue weighted by Crippen LogP contribution is -2.38. The molecule has 1 atom stereocenters. The maximum Gasteiger partial charge on any atom is 0.222 e. The van der Waals surface area contributed by atoms with Crippen molar-refractivity contribution >= 4 is 11.8 Å². The van der Waals surface area contributed by atoms with E-state index in [0.29, 0.717) is 32.5 Å². The van der Waals surface area contributed by atoms with Gasteiger partial charge in [0.15, 0.2) is 0 Å². The van der Waals surface area contributed by atoms with Crippen molar-refractivity contribution in [1.29, 1.82) is 0 Å². The van der Waals surface area contributed by atoms with Gasteiger partial charge in [-0.25, -0.2) is 0 Å². The van der Waals surface area contributed by atoms with Crippen LogP contribution in [0.4, 0.5) is 0 Å². The molecular formula is C13H25N3O2. The minimum atomic E-state index is 0.166. The van der Waals surface area contributed by atoms with E-state index in [0.717, 1.165) is 19.5 Å². The number of hydrogen-bond acceptors (Lipinski definition) is 3. The van der Waals surface area contributed by atoms with Crippen LogP contribution in [0, 0.1) is 5.92 Å². The van der Waals surface area contributed by atoms with Crippen LogP contribution in [0.1, 0.15) is 33.1 Å². The Labute approximate surface area is 109 Å². The van der Waals surface area contributed by atoms with Crippen molar-refractivity contribution in [2.75, 3.05) is 32.7 Å². The molecule has 5 nitrogen and oxygen atoms in total. The highest BCUT2D eigenvalue weighted by Gasteiger charge is 2.21. The van der Waals surface area contributed by atoms with Gasteiger partial charge < -0.3 is 15.5 Å². The predicted octanol–water partition coefficient (Wildman–Crippen LogP) is 0.442. The maximum atomic E-state index is 12.0. The molecule has 2 amide bonds. The molecular weight excluding hydrogens is 230 g/mol. The second-order valence-electron chi connectivity index (χ2n) is 5.01. The lowest BCUT2D eigenvalue weighted by atomic mass is 10.1. The molecule has 0 aromatic heterocycles. The van der Waals surface area contributed by atoms with Gasteiger partial charge in [0.2, 0.25) is 11.8 Å². The van der Waals surface area contributed by atoms with Crippen LogP contribution in [0.5, 0.6) is 0 Å². The highest BCUT2D eigenvalue weighted by atomic mass is 16.2. The van der Waals surface area contributed by atoms with Crippen molar-refractivity contribution in [1.82, 2.24) is 9.80 Å². The van der Waals surface area contributed by atoms with Gasteiger partial charge in [0.1, 0.15) is 0 Å². The molecule has 1 rings (SSSR count). The largest absolute Gasteiger partial charge is 0.341 e. The van der Waals surface area contributed by atoms with Gasteiger partial charge in [0.05, 0.1) is 0 Å². The Balaban J connectivity index is 2.46. The molecule has 104 valence electrons. The normalized spacial score (nSPS) is 18.4. The summed E-state index contributed by atoms with van der Waals surface area (Å²) < 4.78 is 0. The maximum absolute atomic E-state index is 12.0. The van der Waals surface area contributed by atoms with Gasteiger partial charge in [-0.15, -0.1) is 0 Å². The Morgan fingerprint density at radius 1 is 1.11 bits per heavy atom. The summed E-state index contributed by atoms with van der Waals surface area (Å²) in [7, 11) is 0. The van der Waals surface area contributed by atoms with E-state index in [2.05, 4.69) is 0 Å². The molecule has 1 heterocycles. The zero-order chi connectivity index (χ0) is 13.5. The molecule has 0 bridgehead atoms. The number of nitrogens with zero attached hydrogens (tertiary/aromatic N) is 2. The number of carbonyl (C=O) groups excluding carboxylic acids is 2. The monoisotopic (exact) mass is 255 g/mol. The summed E-state index contributed by atoms with van der Waals surface area (Å²) in [6, 6.07) is 0. The van der Waals surface area contributed by atoms with E-state index in [1.165, 1.54) is 0 Å². The fourth-order valence-corrected chi connectivity index (χ4v) is 2.15. The first kappa shape index (κ1) is 15.0. The molecule has 0 aromatic rings. The molecule has 0 radical (unpaired) electrons. The van der Waals surface area contributed by atoms with E-state index in [1.807, 2.05) is 23.6 Å². The Morgan fingerprint density at radius 3 is 2.17 bits per heavy atom. The van der Waals surface area contributed by atoms with E-state index < -0.39 is 0 Å². The van der Waals surface area contributed by atoms with E-state index >= 15 is 0 Å². The van der Waals surface area contributed by atoms with Crippen LogP contribution >= 0.6 is 0 Å². The first-order valence-electron chi connectivity index (χ1n) is 6.84. The Bertz CT molecular complexity index is 294. The number of hydrogen-bond donors (Lipinski definition) is 1. The molecule has 5 heteroatoms. The second-order valence-corrected chi connectivity index (χ2v) is 5.01. The third-order valence-electron chi connectivity index (χ3n) is 3.43. The van der Waals surface area contributed by atoms with Gasteiger partial charge in [-0.3, -0.25) is 9.59 Å². The highest BCUT2D eigenvalue weighted by Crippen LogP contribution is 2.09. The average Bonchev–Trinajstić information content (AvgIpc) is 2.63. The van der Waals surface area contributed by atoms with Crippen molar-refractivity contribution < 1.29 is 9.59 Å². The molecule has 1 unspecified atom stereocenters. The standard InChI is InChI=1S/C13H25N3O2/c1-3-12(17)15-5-4-6-16(8-7-15)13(18)9-11(2)10-14/h11H,3-10,14H2,1-2H3. The van der Waals surface area contributed by atoms with Crippen molar-refractivity contribution in [2.45, 2.75) is 33.1 Å². The Morgan fingerprint density at radius 2 is 1.67 bits per heavy atom. The van der Waals surface area contributed by atoms with Crippen LogP contribution in [0.3, 0.4) is 0 Å². The van der Waals surface area contributed by atoms with Crippen LogP contribution in [-0.4, -0.2) is 54.3 Å². The summed E-state index contributed by atoms with van der Waals surface area (Å²) >= 11 is 0. The zero-order valence-electron chi connectivity index (χ0n) is 11.5. The average molecular weight is 255 g/mol.